The SMILES string of the molecule is CC=C(O)C(=O)C(O)CCOc1cc[c]cc1. The quantitative estimate of drug-likeness (QED) is 0.581. The number of carbonyl (C=O) groups is 1. The molecule has 0 amide bonds. The molecular formula is C13H15O4. The Morgan fingerprint density at radius 1 is 1.53 bits per heavy atom. The van der Waals surface area contributed by atoms with Gasteiger partial charge in [0.1, 0.15) is 11.9 Å². The van der Waals surface area contributed by atoms with Crippen molar-refractivity contribution in [2.75, 3.05) is 6.61 Å². The minimum absolute atomic E-state index is 0.134. The van der Waals surface area contributed by atoms with Crippen molar-refractivity contribution in [3.05, 3.63) is 42.2 Å². The monoisotopic (exact) mass is 235 g/mol. The van der Waals surface area contributed by atoms with Crippen molar-refractivity contribution in [2.24, 2.45) is 0 Å². The van der Waals surface area contributed by atoms with Crippen LogP contribution in [0.5, 0.6) is 5.75 Å². The van der Waals surface area contributed by atoms with Crippen molar-refractivity contribution in [3.63, 3.8) is 0 Å². The van der Waals surface area contributed by atoms with Gasteiger partial charge in [0.2, 0.25) is 5.78 Å². The summed E-state index contributed by atoms with van der Waals surface area (Å²) in [6, 6.07) is 9.74. The Morgan fingerprint density at radius 3 is 2.76 bits per heavy atom. The van der Waals surface area contributed by atoms with Gasteiger partial charge in [0.15, 0.2) is 5.76 Å². The highest BCUT2D eigenvalue weighted by molar-refractivity contribution is 5.96. The van der Waals surface area contributed by atoms with E-state index in [1.165, 1.54) is 13.0 Å². The second kappa shape index (κ2) is 6.70. The number of hydrogen-bond donors (Lipinski definition) is 2. The normalized spacial score (nSPS) is 13.2. The molecule has 0 heterocycles. The van der Waals surface area contributed by atoms with Crippen LogP contribution in [0.15, 0.2) is 36.1 Å². The van der Waals surface area contributed by atoms with Gasteiger partial charge in [0.05, 0.1) is 6.61 Å². The second-order valence-corrected chi connectivity index (χ2v) is 3.43. The van der Waals surface area contributed by atoms with Crippen molar-refractivity contribution in [1.29, 1.82) is 0 Å². The number of aliphatic hydroxyl groups is 2. The van der Waals surface area contributed by atoms with Crippen LogP contribution in [0.4, 0.5) is 0 Å². The van der Waals surface area contributed by atoms with Gasteiger partial charge in [-0.05, 0) is 31.2 Å². The molecule has 0 aliphatic heterocycles. The van der Waals surface area contributed by atoms with E-state index in [0.29, 0.717) is 5.75 Å². The lowest BCUT2D eigenvalue weighted by Crippen LogP contribution is -2.24. The number of allylic oxidation sites excluding steroid dienone is 1. The molecule has 1 unspecified atom stereocenters. The predicted octanol–water partition coefficient (Wildman–Crippen LogP) is 1.65. The maximum Gasteiger partial charge on any atom is 0.225 e. The van der Waals surface area contributed by atoms with Crippen LogP contribution in [0, 0.1) is 6.07 Å². The number of benzene rings is 1. The molecule has 0 saturated heterocycles. The van der Waals surface area contributed by atoms with Gasteiger partial charge < -0.3 is 14.9 Å². The summed E-state index contributed by atoms with van der Waals surface area (Å²) >= 11 is 0. The number of rotatable bonds is 6. The number of hydrogen-bond acceptors (Lipinski definition) is 4. The second-order valence-electron chi connectivity index (χ2n) is 3.43. The topological polar surface area (TPSA) is 66.8 Å². The summed E-state index contributed by atoms with van der Waals surface area (Å²) in [5.41, 5.74) is 0. The summed E-state index contributed by atoms with van der Waals surface area (Å²) in [4.78, 5) is 11.3. The molecule has 0 spiro atoms. The molecule has 1 rings (SSSR count). The van der Waals surface area contributed by atoms with Crippen LogP contribution in [0.3, 0.4) is 0 Å². The molecule has 0 aromatic heterocycles. The van der Waals surface area contributed by atoms with E-state index in [2.05, 4.69) is 6.07 Å². The largest absolute Gasteiger partial charge is 0.505 e. The molecular weight excluding hydrogens is 220 g/mol. The molecule has 4 nitrogen and oxygen atoms in total. The molecule has 0 aliphatic rings. The number of ketones is 1. The van der Waals surface area contributed by atoms with Crippen molar-refractivity contribution in [1.82, 2.24) is 0 Å². The molecule has 91 valence electrons. The zero-order chi connectivity index (χ0) is 12.7. The molecule has 0 fully saturated rings. The maximum absolute atomic E-state index is 11.3. The third kappa shape index (κ3) is 4.28. The molecule has 1 radical (unpaired) electrons. The molecule has 0 saturated carbocycles. The fraction of sp³-hybridized carbons (Fsp3) is 0.308. The molecule has 4 heteroatoms. The Morgan fingerprint density at radius 2 is 2.18 bits per heavy atom. The first-order valence-electron chi connectivity index (χ1n) is 5.31. The lowest BCUT2D eigenvalue weighted by Gasteiger charge is -2.10. The number of carbonyl (C=O) groups excluding carboxylic acids is 1. The highest BCUT2D eigenvalue weighted by atomic mass is 16.5. The van der Waals surface area contributed by atoms with Crippen molar-refractivity contribution in [2.45, 2.75) is 19.4 Å². The lowest BCUT2D eigenvalue weighted by molar-refractivity contribution is -0.126. The van der Waals surface area contributed by atoms with Crippen LogP contribution in [-0.4, -0.2) is 28.7 Å². The number of aliphatic hydroxyl groups excluding tert-OH is 2. The predicted molar refractivity (Wildman–Crippen MR) is 62.8 cm³/mol. The van der Waals surface area contributed by atoms with Crippen LogP contribution in [0.1, 0.15) is 13.3 Å². The third-order valence-corrected chi connectivity index (χ3v) is 2.18. The van der Waals surface area contributed by atoms with Gasteiger partial charge in [-0.25, -0.2) is 0 Å². The smallest absolute Gasteiger partial charge is 0.225 e. The first-order valence-corrected chi connectivity index (χ1v) is 5.31. The van der Waals surface area contributed by atoms with E-state index in [4.69, 9.17) is 9.84 Å². The van der Waals surface area contributed by atoms with Crippen molar-refractivity contribution >= 4 is 5.78 Å². The van der Waals surface area contributed by atoms with Crippen LogP contribution in [0.2, 0.25) is 0 Å². The molecule has 0 aliphatic carbocycles. The summed E-state index contributed by atoms with van der Waals surface area (Å²) in [5, 5.41) is 18.6. The fourth-order valence-corrected chi connectivity index (χ4v) is 1.20. The Kier molecular flexibility index (Phi) is 5.23. The maximum atomic E-state index is 11.3. The molecule has 1 aromatic rings. The zero-order valence-electron chi connectivity index (χ0n) is 9.59. The van der Waals surface area contributed by atoms with Gasteiger partial charge in [-0.15, -0.1) is 0 Å². The summed E-state index contributed by atoms with van der Waals surface area (Å²) in [7, 11) is 0. The van der Waals surface area contributed by atoms with Gasteiger partial charge in [-0.1, -0.05) is 12.1 Å². The Balaban J connectivity index is 2.34. The average molecular weight is 235 g/mol. The number of Topliss-reactive ketones (excluding diaryl/α,β-unsaturated/α-hetero) is 1. The fourth-order valence-electron chi connectivity index (χ4n) is 1.20. The van der Waals surface area contributed by atoms with E-state index in [9.17, 15) is 9.90 Å². The zero-order valence-corrected chi connectivity index (χ0v) is 9.59. The number of ether oxygens (including phenoxy) is 1. The van der Waals surface area contributed by atoms with Crippen molar-refractivity contribution in [3.8, 4) is 5.75 Å². The lowest BCUT2D eigenvalue weighted by atomic mass is 10.1. The first kappa shape index (κ1) is 13.3. The van der Waals surface area contributed by atoms with Crippen LogP contribution < -0.4 is 4.74 Å². The standard InChI is InChI=1S/C13H15O4/c1-2-11(14)13(16)12(15)8-9-17-10-6-4-3-5-7-10/h2,4-7,12,14-15H,8-9H2,1H3. The Labute approximate surface area is 100 Å². The van der Waals surface area contributed by atoms with Crippen LogP contribution in [-0.2, 0) is 4.79 Å². The van der Waals surface area contributed by atoms with Crippen LogP contribution >= 0.6 is 0 Å². The van der Waals surface area contributed by atoms with Gasteiger partial charge in [-0.2, -0.15) is 0 Å². The van der Waals surface area contributed by atoms with Gasteiger partial charge in [0, 0.05) is 6.42 Å². The molecule has 1 aromatic carbocycles. The van der Waals surface area contributed by atoms with Crippen LogP contribution in [0.25, 0.3) is 0 Å². The highest BCUT2D eigenvalue weighted by Gasteiger charge is 2.18. The summed E-state index contributed by atoms with van der Waals surface area (Å²) in [6.07, 6.45) is 0.149. The highest BCUT2D eigenvalue weighted by Crippen LogP contribution is 2.09. The minimum atomic E-state index is -1.23. The van der Waals surface area contributed by atoms with E-state index < -0.39 is 17.6 Å². The molecule has 17 heavy (non-hydrogen) atoms. The first-order chi connectivity index (χ1) is 8.15. The molecule has 2 N–H and O–H groups in total. The molecule has 0 bridgehead atoms. The minimum Gasteiger partial charge on any atom is -0.505 e. The third-order valence-electron chi connectivity index (χ3n) is 2.18. The van der Waals surface area contributed by atoms with E-state index in [-0.39, 0.29) is 13.0 Å². The van der Waals surface area contributed by atoms with E-state index in [1.54, 1.807) is 24.3 Å². The van der Waals surface area contributed by atoms with Gasteiger partial charge >= 0.3 is 0 Å². The Bertz CT molecular complexity index is 384. The molecule has 1 atom stereocenters. The summed E-state index contributed by atoms with van der Waals surface area (Å²) < 4.78 is 5.31. The van der Waals surface area contributed by atoms with E-state index >= 15 is 0 Å². The van der Waals surface area contributed by atoms with E-state index in [1.807, 2.05) is 0 Å². The van der Waals surface area contributed by atoms with E-state index in [0.717, 1.165) is 0 Å². The summed E-state index contributed by atoms with van der Waals surface area (Å²) in [5.74, 6) is -0.456. The van der Waals surface area contributed by atoms with Gasteiger partial charge in [-0.3, -0.25) is 4.79 Å². The Hall–Kier alpha value is -1.81. The average Bonchev–Trinajstić information content (AvgIpc) is 2.38. The summed E-state index contributed by atoms with van der Waals surface area (Å²) in [6.45, 7) is 1.73. The van der Waals surface area contributed by atoms with Gasteiger partial charge in [0.25, 0.3) is 0 Å². The van der Waals surface area contributed by atoms with Crippen molar-refractivity contribution < 1.29 is 19.7 Å².